The SMILES string of the molecule is CC(C)(C)c1ccc(C(=O)NC2CCN(CCCCC3(C(=O)NCC(F)(F)F)C4=C(c5ccccc53)C3CC3C=C4)CC2)cc1. The standard InChI is InChI=1S/C37H44F3N3O2/c1-35(2,3)26-13-10-24(11-14-26)33(44)42-27-16-20-43(21-17-27)19-7-6-18-36(34(45)41-23-37(38,39)40)30-9-5-4-8-28(30)32-29-22-25(29)12-15-31(32)36/h4-5,8-15,25,27,29H,6-7,16-23H2,1-3H3,(H,41,45)(H,42,44). The Morgan fingerprint density at radius 2 is 1.69 bits per heavy atom. The van der Waals surface area contributed by atoms with E-state index in [9.17, 15) is 22.8 Å². The molecule has 1 heterocycles. The molecule has 2 aromatic carbocycles. The van der Waals surface area contributed by atoms with Crippen LogP contribution in [0.2, 0.25) is 0 Å². The summed E-state index contributed by atoms with van der Waals surface area (Å²) < 4.78 is 39.6. The van der Waals surface area contributed by atoms with Crippen molar-refractivity contribution < 1.29 is 22.8 Å². The zero-order valence-corrected chi connectivity index (χ0v) is 26.5. The number of rotatable bonds is 9. The number of allylic oxidation sites excluding steroid dienone is 3. The van der Waals surface area contributed by atoms with Crippen molar-refractivity contribution in [3.63, 3.8) is 0 Å². The average Bonchev–Trinajstić information content (AvgIpc) is 3.74. The highest BCUT2D eigenvalue weighted by Gasteiger charge is 2.55. The highest BCUT2D eigenvalue weighted by Crippen LogP contribution is 2.62. The Bertz CT molecular complexity index is 1500. The molecule has 2 aromatic rings. The second kappa shape index (κ2) is 12.1. The number of nitrogens with one attached hydrogen (secondary N) is 2. The fraction of sp³-hybridized carbons (Fsp3) is 0.514. The number of alkyl halides is 3. The molecule has 5 nitrogen and oxygen atoms in total. The summed E-state index contributed by atoms with van der Waals surface area (Å²) in [5.41, 5.74) is 4.73. The molecule has 3 aliphatic carbocycles. The van der Waals surface area contributed by atoms with Crippen LogP contribution in [0.4, 0.5) is 13.2 Å². The van der Waals surface area contributed by atoms with Crippen LogP contribution in [-0.4, -0.2) is 55.1 Å². The minimum absolute atomic E-state index is 0.0386. The van der Waals surface area contributed by atoms with Crippen molar-refractivity contribution >= 4 is 17.4 Å². The van der Waals surface area contributed by atoms with Crippen molar-refractivity contribution in [1.29, 1.82) is 0 Å². The van der Waals surface area contributed by atoms with E-state index in [0.29, 0.717) is 30.2 Å². The number of unbranched alkanes of at least 4 members (excludes halogenated alkanes) is 1. The smallest absolute Gasteiger partial charge is 0.349 e. The number of carbonyl (C=O) groups excluding carboxylic acids is 2. The van der Waals surface area contributed by atoms with Crippen LogP contribution in [0, 0.1) is 11.8 Å². The third-order valence-corrected chi connectivity index (χ3v) is 10.2. The van der Waals surface area contributed by atoms with Crippen molar-refractivity contribution in [3.8, 4) is 0 Å². The van der Waals surface area contributed by atoms with Crippen LogP contribution >= 0.6 is 0 Å². The molecule has 2 fully saturated rings. The Kier molecular flexibility index (Phi) is 8.48. The van der Waals surface area contributed by atoms with Crippen LogP contribution in [0.5, 0.6) is 0 Å². The molecule has 1 saturated heterocycles. The fourth-order valence-corrected chi connectivity index (χ4v) is 7.60. The Labute approximate surface area is 264 Å². The molecule has 0 spiro atoms. The first-order valence-corrected chi connectivity index (χ1v) is 16.4. The van der Waals surface area contributed by atoms with Gasteiger partial charge in [-0.05, 0) is 95.9 Å². The molecule has 8 heteroatoms. The Balaban J connectivity index is 1.06. The molecular formula is C37H44F3N3O2. The van der Waals surface area contributed by atoms with E-state index in [1.165, 1.54) is 5.56 Å². The Hall–Kier alpha value is -3.39. The number of amides is 2. The van der Waals surface area contributed by atoms with Crippen LogP contribution in [0.1, 0.15) is 86.3 Å². The van der Waals surface area contributed by atoms with Gasteiger partial charge >= 0.3 is 6.18 Å². The largest absolute Gasteiger partial charge is 0.405 e. The van der Waals surface area contributed by atoms with Gasteiger partial charge in [-0.25, -0.2) is 0 Å². The predicted molar refractivity (Wildman–Crippen MR) is 171 cm³/mol. The van der Waals surface area contributed by atoms with Crippen molar-refractivity contribution in [2.45, 2.75) is 82.3 Å². The number of hydrogen-bond donors (Lipinski definition) is 2. The number of carbonyl (C=O) groups is 2. The summed E-state index contributed by atoms with van der Waals surface area (Å²) in [5.74, 6) is 0.231. The monoisotopic (exact) mass is 619 g/mol. The topological polar surface area (TPSA) is 61.4 Å². The van der Waals surface area contributed by atoms with Crippen LogP contribution in [0.3, 0.4) is 0 Å². The van der Waals surface area contributed by atoms with Crippen molar-refractivity contribution in [1.82, 2.24) is 15.5 Å². The van der Waals surface area contributed by atoms with Crippen molar-refractivity contribution in [3.05, 3.63) is 88.5 Å². The lowest BCUT2D eigenvalue weighted by molar-refractivity contribution is -0.141. The van der Waals surface area contributed by atoms with Gasteiger partial charge in [0.2, 0.25) is 5.91 Å². The lowest BCUT2D eigenvalue weighted by Gasteiger charge is -2.34. The number of halogens is 3. The van der Waals surface area contributed by atoms with Gasteiger partial charge in [0.05, 0.1) is 5.41 Å². The molecule has 0 bridgehead atoms. The molecule has 2 amide bonds. The average molecular weight is 620 g/mol. The van der Waals surface area contributed by atoms with Crippen LogP contribution in [0.15, 0.2) is 66.3 Å². The van der Waals surface area contributed by atoms with Gasteiger partial charge in [0, 0.05) is 24.7 Å². The first-order chi connectivity index (χ1) is 21.4. The molecule has 1 aliphatic heterocycles. The van der Waals surface area contributed by atoms with E-state index in [4.69, 9.17) is 0 Å². The fourth-order valence-electron chi connectivity index (χ4n) is 7.60. The van der Waals surface area contributed by atoms with E-state index in [-0.39, 0.29) is 17.4 Å². The van der Waals surface area contributed by atoms with E-state index in [2.05, 4.69) is 42.4 Å². The minimum Gasteiger partial charge on any atom is -0.349 e. The normalized spacial score (nSPS) is 24.6. The van der Waals surface area contributed by atoms with E-state index in [0.717, 1.165) is 67.6 Å². The molecule has 2 N–H and O–H groups in total. The van der Waals surface area contributed by atoms with Gasteiger partial charge < -0.3 is 15.5 Å². The molecule has 3 unspecified atom stereocenters. The maximum absolute atomic E-state index is 13.8. The Morgan fingerprint density at radius 3 is 2.38 bits per heavy atom. The quantitative estimate of drug-likeness (QED) is 0.299. The number of piperidine rings is 1. The molecule has 0 radical (unpaired) electrons. The second-order valence-corrected chi connectivity index (χ2v) is 14.3. The molecule has 240 valence electrons. The summed E-state index contributed by atoms with van der Waals surface area (Å²) in [5, 5.41) is 5.46. The minimum atomic E-state index is -4.47. The van der Waals surface area contributed by atoms with Gasteiger partial charge in [-0.2, -0.15) is 13.2 Å². The summed E-state index contributed by atoms with van der Waals surface area (Å²) in [6.07, 6.45) is 4.48. The summed E-state index contributed by atoms with van der Waals surface area (Å²) in [4.78, 5) is 29.1. The molecule has 45 heavy (non-hydrogen) atoms. The zero-order valence-electron chi connectivity index (χ0n) is 26.5. The summed E-state index contributed by atoms with van der Waals surface area (Å²) in [7, 11) is 0. The summed E-state index contributed by atoms with van der Waals surface area (Å²) in [6, 6.07) is 15.8. The number of likely N-dealkylation sites (tertiary alicyclic amines) is 1. The third kappa shape index (κ3) is 6.49. The lowest BCUT2D eigenvalue weighted by Crippen LogP contribution is -2.47. The van der Waals surface area contributed by atoms with Crippen molar-refractivity contribution in [2.24, 2.45) is 11.8 Å². The maximum Gasteiger partial charge on any atom is 0.405 e. The van der Waals surface area contributed by atoms with Crippen LogP contribution in [-0.2, 0) is 15.6 Å². The van der Waals surface area contributed by atoms with Gasteiger partial charge in [-0.3, -0.25) is 9.59 Å². The zero-order chi connectivity index (χ0) is 32.0. The second-order valence-electron chi connectivity index (χ2n) is 14.3. The van der Waals surface area contributed by atoms with Gasteiger partial charge in [0.15, 0.2) is 0 Å². The highest BCUT2D eigenvalue weighted by molar-refractivity contribution is 6.02. The van der Waals surface area contributed by atoms with E-state index >= 15 is 0 Å². The third-order valence-electron chi connectivity index (χ3n) is 10.2. The van der Waals surface area contributed by atoms with Crippen LogP contribution < -0.4 is 10.6 Å². The van der Waals surface area contributed by atoms with E-state index in [1.807, 2.05) is 54.6 Å². The number of hydrogen-bond acceptors (Lipinski definition) is 3. The van der Waals surface area contributed by atoms with Gasteiger partial charge in [-0.1, -0.05) is 75.7 Å². The summed E-state index contributed by atoms with van der Waals surface area (Å²) in [6.45, 7) is 7.72. The maximum atomic E-state index is 13.8. The van der Waals surface area contributed by atoms with Gasteiger partial charge in [0.1, 0.15) is 6.54 Å². The van der Waals surface area contributed by atoms with Gasteiger partial charge in [-0.15, -0.1) is 0 Å². The molecule has 0 aromatic heterocycles. The predicted octanol–water partition coefficient (Wildman–Crippen LogP) is 6.94. The Morgan fingerprint density at radius 1 is 0.978 bits per heavy atom. The van der Waals surface area contributed by atoms with Crippen LogP contribution in [0.25, 0.3) is 5.57 Å². The first-order valence-electron chi connectivity index (χ1n) is 16.4. The highest BCUT2D eigenvalue weighted by atomic mass is 19.4. The molecule has 3 atom stereocenters. The first kappa shape index (κ1) is 31.6. The van der Waals surface area contributed by atoms with E-state index < -0.39 is 24.0 Å². The molecular weight excluding hydrogens is 575 g/mol. The molecule has 6 rings (SSSR count). The number of benzene rings is 2. The number of nitrogens with zero attached hydrogens (tertiary/aromatic N) is 1. The van der Waals surface area contributed by atoms with Crippen molar-refractivity contribution in [2.75, 3.05) is 26.2 Å². The van der Waals surface area contributed by atoms with Gasteiger partial charge in [0.25, 0.3) is 5.91 Å². The number of fused-ring (bicyclic) bond motifs is 4. The van der Waals surface area contributed by atoms with E-state index in [1.54, 1.807) is 0 Å². The lowest BCUT2D eigenvalue weighted by atomic mass is 9.71. The molecule has 4 aliphatic rings. The summed E-state index contributed by atoms with van der Waals surface area (Å²) >= 11 is 0. The molecule has 1 saturated carbocycles.